The molecule has 0 atom stereocenters. The van der Waals surface area contributed by atoms with Crippen molar-refractivity contribution in [2.45, 2.75) is 19.3 Å². The molecule has 1 aliphatic carbocycles. The molecule has 0 aliphatic heterocycles. The van der Waals surface area contributed by atoms with Gasteiger partial charge in [0.1, 0.15) is 5.82 Å². The Balaban J connectivity index is 2.28. The normalized spacial score (nSPS) is 16.5. The van der Waals surface area contributed by atoms with Crippen LogP contribution in [-0.4, -0.2) is 23.5 Å². The average molecular weight is 266 g/mol. The lowest BCUT2D eigenvalue weighted by molar-refractivity contribution is -0.129. The minimum absolute atomic E-state index is 0.176. The molecule has 1 aliphatic rings. The SMILES string of the molecule is NCC1(C(=O)Nc2c(F)cccc2C(=O)O)CCC1. The lowest BCUT2D eigenvalue weighted by Gasteiger charge is -2.39. The van der Waals surface area contributed by atoms with Gasteiger partial charge in [-0.05, 0) is 25.0 Å². The number of aromatic carboxylic acids is 1. The summed E-state index contributed by atoms with van der Waals surface area (Å²) < 4.78 is 13.7. The number of carbonyl (C=O) groups is 2. The molecule has 19 heavy (non-hydrogen) atoms. The van der Waals surface area contributed by atoms with Crippen LogP contribution in [0.15, 0.2) is 18.2 Å². The van der Waals surface area contributed by atoms with E-state index in [0.717, 1.165) is 12.5 Å². The minimum atomic E-state index is -1.29. The summed E-state index contributed by atoms with van der Waals surface area (Å²) in [4.78, 5) is 23.1. The second-order valence-electron chi connectivity index (χ2n) is 4.76. The molecule has 0 saturated heterocycles. The molecular weight excluding hydrogens is 251 g/mol. The molecular formula is C13H15FN2O3. The van der Waals surface area contributed by atoms with E-state index < -0.39 is 23.1 Å². The fraction of sp³-hybridized carbons (Fsp3) is 0.385. The molecule has 102 valence electrons. The maximum absolute atomic E-state index is 13.7. The molecule has 1 saturated carbocycles. The standard InChI is InChI=1S/C13H15FN2O3/c14-9-4-1-3-8(11(17)18)10(9)16-12(19)13(7-15)5-2-6-13/h1,3-4H,2,5-7,15H2,(H,16,19)(H,17,18). The van der Waals surface area contributed by atoms with E-state index in [9.17, 15) is 14.0 Å². The first kappa shape index (κ1) is 13.5. The lowest BCUT2D eigenvalue weighted by atomic mass is 9.68. The van der Waals surface area contributed by atoms with Crippen molar-refractivity contribution in [1.29, 1.82) is 0 Å². The van der Waals surface area contributed by atoms with Crippen molar-refractivity contribution in [3.63, 3.8) is 0 Å². The van der Waals surface area contributed by atoms with Gasteiger partial charge in [0, 0.05) is 6.54 Å². The maximum Gasteiger partial charge on any atom is 0.337 e. The third kappa shape index (κ3) is 2.31. The molecule has 1 aromatic rings. The molecule has 6 heteroatoms. The van der Waals surface area contributed by atoms with Gasteiger partial charge in [0.25, 0.3) is 0 Å². The number of rotatable bonds is 4. The van der Waals surface area contributed by atoms with Gasteiger partial charge < -0.3 is 16.2 Å². The van der Waals surface area contributed by atoms with E-state index in [2.05, 4.69) is 5.32 Å². The van der Waals surface area contributed by atoms with E-state index in [1.165, 1.54) is 12.1 Å². The number of nitrogens with one attached hydrogen (secondary N) is 1. The molecule has 1 amide bonds. The second kappa shape index (κ2) is 4.97. The molecule has 5 nitrogen and oxygen atoms in total. The highest BCUT2D eigenvalue weighted by Gasteiger charge is 2.43. The van der Waals surface area contributed by atoms with Crippen LogP contribution in [0, 0.1) is 11.2 Å². The molecule has 1 fully saturated rings. The average Bonchev–Trinajstić information content (AvgIpc) is 2.30. The van der Waals surface area contributed by atoms with Gasteiger partial charge in [-0.3, -0.25) is 4.79 Å². The zero-order valence-corrected chi connectivity index (χ0v) is 10.3. The summed E-state index contributed by atoms with van der Waals surface area (Å²) >= 11 is 0. The highest BCUT2D eigenvalue weighted by atomic mass is 19.1. The predicted octanol–water partition coefficient (Wildman–Crippen LogP) is 1.59. The number of para-hydroxylation sites is 1. The van der Waals surface area contributed by atoms with Crippen LogP contribution in [0.4, 0.5) is 10.1 Å². The number of anilines is 1. The van der Waals surface area contributed by atoms with Crippen molar-refractivity contribution < 1.29 is 19.1 Å². The van der Waals surface area contributed by atoms with Crippen LogP contribution < -0.4 is 11.1 Å². The topological polar surface area (TPSA) is 92.4 Å². The summed E-state index contributed by atoms with van der Waals surface area (Å²) in [6.45, 7) is 0.176. The van der Waals surface area contributed by atoms with E-state index in [0.29, 0.717) is 12.8 Å². The highest BCUT2D eigenvalue weighted by molar-refractivity contribution is 6.02. The lowest BCUT2D eigenvalue weighted by Crippen LogP contribution is -2.47. The molecule has 0 unspecified atom stereocenters. The van der Waals surface area contributed by atoms with Gasteiger partial charge >= 0.3 is 5.97 Å². The Labute approximate surface area is 109 Å². The Bertz CT molecular complexity index is 521. The van der Waals surface area contributed by atoms with Gasteiger partial charge in [-0.15, -0.1) is 0 Å². The smallest absolute Gasteiger partial charge is 0.337 e. The van der Waals surface area contributed by atoms with E-state index in [1.807, 2.05) is 0 Å². The molecule has 0 heterocycles. The van der Waals surface area contributed by atoms with Gasteiger partial charge in [0.05, 0.1) is 16.7 Å². The number of carboxylic acid groups (broad SMARTS) is 1. The number of hydrogen-bond donors (Lipinski definition) is 3. The van der Waals surface area contributed by atoms with Crippen molar-refractivity contribution in [3.05, 3.63) is 29.6 Å². The van der Waals surface area contributed by atoms with Crippen LogP contribution in [0.1, 0.15) is 29.6 Å². The number of nitrogens with two attached hydrogens (primary N) is 1. The molecule has 2 rings (SSSR count). The number of carboxylic acids is 1. The number of halogens is 1. The molecule has 1 aromatic carbocycles. The summed E-state index contributed by atoms with van der Waals surface area (Å²) in [5, 5.41) is 11.4. The second-order valence-corrected chi connectivity index (χ2v) is 4.76. The van der Waals surface area contributed by atoms with Crippen molar-refractivity contribution in [3.8, 4) is 0 Å². The summed E-state index contributed by atoms with van der Waals surface area (Å²) in [6.07, 6.45) is 2.19. The number of benzene rings is 1. The van der Waals surface area contributed by atoms with E-state index >= 15 is 0 Å². The first-order chi connectivity index (χ1) is 9.00. The van der Waals surface area contributed by atoms with Crippen molar-refractivity contribution in [2.75, 3.05) is 11.9 Å². The number of hydrogen-bond acceptors (Lipinski definition) is 3. The molecule has 0 aromatic heterocycles. The Morgan fingerprint density at radius 2 is 2.11 bits per heavy atom. The van der Waals surface area contributed by atoms with Crippen LogP contribution in [0.2, 0.25) is 0 Å². The Morgan fingerprint density at radius 3 is 2.58 bits per heavy atom. The summed E-state index contributed by atoms with van der Waals surface area (Å²) in [7, 11) is 0. The van der Waals surface area contributed by atoms with Gasteiger partial charge in [-0.2, -0.15) is 0 Å². The predicted molar refractivity (Wildman–Crippen MR) is 67.3 cm³/mol. The number of amides is 1. The minimum Gasteiger partial charge on any atom is -0.478 e. The van der Waals surface area contributed by atoms with Gasteiger partial charge in [-0.25, -0.2) is 9.18 Å². The third-order valence-corrected chi connectivity index (χ3v) is 3.67. The summed E-state index contributed by atoms with van der Waals surface area (Å²) in [5.74, 6) is -2.46. The van der Waals surface area contributed by atoms with Gasteiger partial charge in [0.15, 0.2) is 0 Å². The molecule has 0 radical (unpaired) electrons. The van der Waals surface area contributed by atoms with Crippen LogP contribution in [0.3, 0.4) is 0 Å². The first-order valence-electron chi connectivity index (χ1n) is 6.03. The van der Waals surface area contributed by atoms with Crippen LogP contribution in [-0.2, 0) is 4.79 Å². The van der Waals surface area contributed by atoms with E-state index in [1.54, 1.807) is 0 Å². The quantitative estimate of drug-likeness (QED) is 0.771. The van der Waals surface area contributed by atoms with E-state index in [-0.39, 0.29) is 17.8 Å². The Hall–Kier alpha value is -1.95. The third-order valence-electron chi connectivity index (χ3n) is 3.67. The summed E-state index contributed by atoms with van der Waals surface area (Å²) in [5.41, 5.74) is 4.35. The fourth-order valence-electron chi connectivity index (χ4n) is 2.20. The van der Waals surface area contributed by atoms with Crippen LogP contribution in [0.5, 0.6) is 0 Å². The van der Waals surface area contributed by atoms with Crippen molar-refractivity contribution in [1.82, 2.24) is 0 Å². The fourth-order valence-corrected chi connectivity index (χ4v) is 2.20. The van der Waals surface area contributed by atoms with Crippen LogP contribution in [0.25, 0.3) is 0 Å². The molecule has 0 bridgehead atoms. The highest BCUT2D eigenvalue weighted by Crippen LogP contribution is 2.41. The number of carbonyl (C=O) groups excluding carboxylic acids is 1. The molecule has 0 spiro atoms. The first-order valence-corrected chi connectivity index (χ1v) is 6.03. The van der Waals surface area contributed by atoms with Crippen molar-refractivity contribution >= 4 is 17.6 Å². The maximum atomic E-state index is 13.7. The van der Waals surface area contributed by atoms with Crippen molar-refractivity contribution in [2.24, 2.45) is 11.1 Å². The zero-order chi connectivity index (χ0) is 14.0. The summed E-state index contributed by atoms with van der Waals surface area (Å²) in [6, 6.07) is 3.64. The van der Waals surface area contributed by atoms with Gasteiger partial charge in [0.2, 0.25) is 5.91 Å². The zero-order valence-electron chi connectivity index (χ0n) is 10.3. The Kier molecular flexibility index (Phi) is 3.53. The molecule has 4 N–H and O–H groups in total. The van der Waals surface area contributed by atoms with Gasteiger partial charge in [-0.1, -0.05) is 12.5 Å². The Morgan fingerprint density at radius 1 is 1.42 bits per heavy atom. The van der Waals surface area contributed by atoms with E-state index in [4.69, 9.17) is 10.8 Å². The monoisotopic (exact) mass is 266 g/mol. The van der Waals surface area contributed by atoms with Crippen LogP contribution >= 0.6 is 0 Å². The largest absolute Gasteiger partial charge is 0.478 e.